The Balaban J connectivity index is 1.45. The van der Waals surface area contributed by atoms with Gasteiger partial charge in [-0.15, -0.1) is 22.7 Å². The van der Waals surface area contributed by atoms with Gasteiger partial charge in [0, 0.05) is 54.5 Å². The molecule has 1 aromatic carbocycles. The Labute approximate surface area is 205 Å². The van der Waals surface area contributed by atoms with E-state index in [1.165, 1.54) is 11.3 Å². The molecule has 0 bridgehead atoms. The van der Waals surface area contributed by atoms with E-state index in [4.69, 9.17) is 9.47 Å². The van der Waals surface area contributed by atoms with Gasteiger partial charge in [0.2, 0.25) is 0 Å². The second-order valence-corrected chi connectivity index (χ2v) is 10.3. The van der Waals surface area contributed by atoms with Crippen molar-refractivity contribution in [1.82, 2.24) is 15.2 Å². The van der Waals surface area contributed by atoms with Crippen LogP contribution in [0.4, 0.5) is 0 Å². The normalized spacial score (nSPS) is 15.9. The quantitative estimate of drug-likeness (QED) is 0.403. The van der Waals surface area contributed by atoms with Crippen LogP contribution in [-0.2, 0) is 11.2 Å². The average Bonchev–Trinajstić information content (AvgIpc) is 3.59. The van der Waals surface area contributed by atoms with Crippen LogP contribution in [0, 0.1) is 0 Å². The summed E-state index contributed by atoms with van der Waals surface area (Å²) in [5.41, 5.74) is 1.47. The van der Waals surface area contributed by atoms with Gasteiger partial charge in [0.15, 0.2) is 0 Å². The van der Waals surface area contributed by atoms with Gasteiger partial charge >= 0.3 is 0 Å². The number of thiophene rings is 2. The fraction of sp³-hybridized carbons (Fsp3) is 0.320. The number of methoxy groups -OCH3 is 1. The number of nitrogens with one attached hydrogen (secondary N) is 1. The molecule has 1 N–H and O–H groups in total. The molecule has 1 atom stereocenters. The lowest BCUT2D eigenvalue weighted by atomic mass is 10.1. The van der Waals surface area contributed by atoms with Crippen molar-refractivity contribution in [3.63, 3.8) is 0 Å². The lowest BCUT2D eigenvalue weighted by Crippen LogP contribution is -2.29. The molecule has 34 heavy (non-hydrogen) atoms. The number of hydrogen-bond donors (Lipinski definition) is 1. The number of amides is 2. The highest BCUT2D eigenvalue weighted by atomic mass is 32.1. The molecule has 1 aliphatic rings. The molecule has 9 heteroatoms. The largest absolute Gasteiger partial charge is 0.456 e. The Morgan fingerprint density at radius 1 is 1.24 bits per heavy atom. The Morgan fingerprint density at radius 3 is 2.82 bits per heavy atom. The highest BCUT2D eigenvalue weighted by Gasteiger charge is 2.28. The number of rotatable bonds is 6. The number of nitrogens with zero attached hydrogens (tertiary/aromatic N) is 2. The lowest BCUT2D eigenvalue weighted by Gasteiger charge is -2.14. The van der Waals surface area contributed by atoms with Crippen LogP contribution in [0.1, 0.15) is 38.3 Å². The molecule has 1 saturated heterocycles. The van der Waals surface area contributed by atoms with Crippen LogP contribution in [0.15, 0.2) is 36.5 Å². The summed E-state index contributed by atoms with van der Waals surface area (Å²) in [6.45, 7) is 3.36. The van der Waals surface area contributed by atoms with Crippen molar-refractivity contribution in [2.75, 3.05) is 27.2 Å². The maximum atomic E-state index is 13.0. The molecule has 3 aromatic heterocycles. The van der Waals surface area contributed by atoms with E-state index in [0.29, 0.717) is 29.5 Å². The first kappa shape index (κ1) is 22.8. The standard InChI is InChI=1S/C25H25N3O4S2/c1-4-19-22(24(29)26-2)16-6-5-14(11-20(16)33-19)32-18-7-9-27-17-12-21(34-23(17)18)25(30)28-10-8-15(13-28)31-3/h5-7,9,11-12,15H,4,8,10,13H2,1-3H3,(H,26,29)/t15-/m1/s1. The molecule has 0 unspecified atom stereocenters. The summed E-state index contributed by atoms with van der Waals surface area (Å²) < 4.78 is 13.5. The van der Waals surface area contributed by atoms with Crippen molar-refractivity contribution in [3.8, 4) is 11.5 Å². The highest BCUT2D eigenvalue weighted by molar-refractivity contribution is 7.21. The van der Waals surface area contributed by atoms with Crippen molar-refractivity contribution in [2.24, 2.45) is 0 Å². The van der Waals surface area contributed by atoms with Crippen LogP contribution in [0.2, 0.25) is 0 Å². The second kappa shape index (κ2) is 9.32. The Morgan fingerprint density at radius 2 is 2.09 bits per heavy atom. The van der Waals surface area contributed by atoms with Gasteiger partial charge in [0.05, 0.1) is 26.8 Å². The second-order valence-electron chi connectivity index (χ2n) is 8.12. The minimum absolute atomic E-state index is 0.00216. The summed E-state index contributed by atoms with van der Waals surface area (Å²) in [4.78, 5) is 33.4. The molecule has 0 radical (unpaired) electrons. The van der Waals surface area contributed by atoms with Crippen molar-refractivity contribution in [1.29, 1.82) is 0 Å². The molecule has 4 aromatic rings. The minimum atomic E-state index is -0.0711. The highest BCUT2D eigenvalue weighted by Crippen LogP contribution is 2.39. The summed E-state index contributed by atoms with van der Waals surface area (Å²) in [5, 5.41) is 3.67. The number of fused-ring (bicyclic) bond motifs is 2. The van der Waals surface area contributed by atoms with Gasteiger partial charge in [0.1, 0.15) is 11.5 Å². The summed E-state index contributed by atoms with van der Waals surface area (Å²) >= 11 is 3.01. The van der Waals surface area contributed by atoms with E-state index in [2.05, 4.69) is 17.2 Å². The third-order valence-electron chi connectivity index (χ3n) is 6.09. The summed E-state index contributed by atoms with van der Waals surface area (Å²) in [7, 11) is 3.33. The Bertz CT molecular complexity index is 1390. The van der Waals surface area contributed by atoms with Crippen LogP contribution >= 0.6 is 22.7 Å². The molecule has 1 fully saturated rings. The van der Waals surface area contributed by atoms with Gasteiger partial charge in [-0.2, -0.15) is 0 Å². The predicted molar refractivity (Wildman–Crippen MR) is 136 cm³/mol. The SMILES string of the molecule is CCc1sc2cc(Oc3ccnc4cc(C(=O)N5CC[C@@H](OC)C5)sc34)ccc2c1C(=O)NC. The molecular weight excluding hydrogens is 470 g/mol. The van der Waals surface area contributed by atoms with Gasteiger partial charge in [-0.05, 0) is 37.1 Å². The molecular formula is C25H25N3O4S2. The molecule has 0 saturated carbocycles. The first-order chi connectivity index (χ1) is 16.5. The zero-order valence-corrected chi connectivity index (χ0v) is 20.8. The molecule has 4 heterocycles. The van der Waals surface area contributed by atoms with E-state index in [9.17, 15) is 9.59 Å². The third-order valence-corrected chi connectivity index (χ3v) is 8.51. The van der Waals surface area contributed by atoms with E-state index in [0.717, 1.165) is 43.6 Å². The number of carbonyl (C=O) groups excluding carboxylic acids is 2. The number of pyridine rings is 1. The summed E-state index contributed by atoms with van der Waals surface area (Å²) in [6.07, 6.45) is 3.43. The van der Waals surface area contributed by atoms with Crippen LogP contribution < -0.4 is 10.1 Å². The number of aromatic nitrogens is 1. The number of carbonyl (C=O) groups is 2. The first-order valence-corrected chi connectivity index (χ1v) is 12.8. The van der Waals surface area contributed by atoms with Crippen molar-refractivity contribution < 1.29 is 19.1 Å². The van der Waals surface area contributed by atoms with Gasteiger partial charge in [-0.25, -0.2) is 0 Å². The van der Waals surface area contributed by atoms with E-state index in [-0.39, 0.29) is 17.9 Å². The maximum Gasteiger partial charge on any atom is 0.264 e. The fourth-order valence-corrected chi connectivity index (χ4v) is 6.51. The van der Waals surface area contributed by atoms with E-state index >= 15 is 0 Å². The average molecular weight is 496 g/mol. The van der Waals surface area contributed by atoms with E-state index in [1.807, 2.05) is 35.2 Å². The first-order valence-electron chi connectivity index (χ1n) is 11.2. The van der Waals surface area contributed by atoms with Crippen molar-refractivity contribution >= 4 is 54.8 Å². The topological polar surface area (TPSA) is 80.8 Å². The van der Waals surface area contributed by atoms with E-state index in [1.54, 1.807) is 31.7 Å². The molecule has 0 spiro atoms. The third kappa shape index (κ3) is 4.04. The predicted octanol–water partition coefficient (Wildman–Crippen LogP) is 5.09. The van der Waals surface area contributed by atoms with Gasteiger partial charge in [-0.1, -0.05) is 6.92 Å². The van der Waals surface area contributed by atoms with Gasteiger partial charge in [0.25, 0.3) is 11.8 Å². The molecule has 0 aliphatic carbocycles. The van der Waals surface area contributed by atoms with Crippen LogP contribution in [-0.4, -0.2) is 55.0 Å². The van der Waals surface area contributed by atoms with Crippen LogP contribution in [0.25, 0.3) is 20.3 Å². The van der Waals surface area contributed by atoms with Crippen molar-refractivity contribution in [2.45, 2.75) is 25.9 Å². The van der Waals surface area contributed by atoms with Gasteiger partial charge < -0.3 is 19.7 Å². The maximum absolute atomic E-state index is 13.0. The summed E-state index contributed by atoms with van der Waals surface area (Å²) in [6, 6.07) is 9.43. The van der Waals surface area contributed by atoms with E-state index < -0.39 is 0 Å². The van der Waals surface area contributed by atoms with Crippen LogP contribution in [0.3, 0.4) is 0 Å². The number of likely N-dealkylation sites (tertiary alicyclic amines) is 1. The molecule has 1 aliphatic heterocycles. The lowest BCUT2D eigenvalue weighted by molar-refractivity contribution is 0.0728. The smallest absolute Gasteiger partial charge is 0.264 e. The molecule has 7 nitrogen and oxygen atoms in total. The number of aryl methyl sites for hydroxylation is 1. The Kier molecular flexibility index (Phi) is 6.24. The minimum Gasteiger partial charge on any atom is -0.456 e. The zero-order valence-electron chi connectivity index (χ0n) is 19.2. The van der Waals surface area contributed by atoms with Crippen molar-refractivity contribution in [3.05, 3.63) is 51.8 Å². The summed E-state index contributed by atoms with van der Waals surface area (Å²) in [5.74, 6) is 1.26. The molecule has 5 rings (SSSR count). The number of hydrogen-bond acceptors (Lipinski definition) is 7. The number of ether oxygens (including phenoxy) is 2. The fourth-order valence-electron chi connectivity index (χ4n) is 4.30. The molecule has 2 amide bonds. The van der Waals surface area contributed by atoms with Crippen LogP contribution in [0.5, 0.6) is 11.5 Å². The Hall–Kier alpha value is -3.01. The molecule has 176 valence electrons. The zero-order chi connectivity index (χ0) is 23.8. The van der Waals surface area contributed by atoms with Gasteiger partial charge in [-0.3, -0.25) is 14.6 Å². The number of benzene rings is 1. The monoisotopic (exact) mass is 495 g/mol.